The number of amidine groups is 1. The SMILES string of the molecule is CN[C@@H](C)C(=O)NCc1ccc(/C(N)=N/OC(C)C)cn1. The second kappa shape index (κ2) is 8.21. The van der Waals surface area contributed by atoms with E-state index in [2.05, 4.69) is 20.8 Å². The number of carbonyl (C=O) groups excluding carboxylic acids is 1. The summed E-state index contributed by atoms with van der Waals surface area (Å²) in [7, 11) is 1.73. The van der Waals surface area contributed by atoms with Crippen LogP contribution in [0.3, 0.4) is 0 Å². The van der Waals surface area contributed by atoms with Crippen LogP contribution in [0.15, 0.2) is 23.5 Å². The Kier molecular flexibility index (Phi) is 6.61. The molecule has 7 heteroatoms. The van der Waals surface area contributed by atoms with E-state index in [0.717, 1.165) is 5.69 Å². The van der Waals surface area contributed by atoms with Gasteiger partial charge in [-0.15, -0.1) is 0 Å². The number of rotatable bonds is 7. The van der Waals surface area contributed by atoms with Gasteiger partial charge in [0.2, 0.25) is 5.91 Å². The molecule has 0 fully saturated rings. The van der Waals surface area contributed by atoms with Crippen LogP contribution in [-0.2, 0) is 16.2 Å². The van der Waals surface area contributed by atoms with Crippen molar-refractivity contribution in [2.45, 2.75) is 39.5 Å². The highest BCUT2D eigenvalue weighted by atomic mass is 16.6. The zero-order valence-corrected chi connectivity index (χ0v) is 12.9. The lowest BCUT2D eigenvalue weighted by Gasteiger charge is -2.10. The molecule has 0 unspecified atom stereocenters. The molecule has 1 aromatic rings. The molecule has 0 saturated carbocycles. The lowest BCUT2D eigenvalue weighted by molar-refractivity contribution is -0.122. The second-order valence-electron chi connectivity index (χ2n) is 4.90. The topological polar surface area (TPSA) is 102 Å². The summed E-state index contributed by atoms with van der Waals surface area (Å²) in [4.78, 5) is 20.9. The van der Waals surface area contributed by atoms with Crippen LogP contribution >= 0.6 is 0 Å². The van der Waals surface area contributed by atoms with E-state index >= 15 is 0 Å². The van der Waals surface area contributed by atoms with Gasteiger partial charge in [0.15, 0.2) is 5.84 Å². The van der Waals surface area contributed by atoms with E-state index in [1.54, 1.807) is 32.3 Å². The molecule has 0 aliphatic carbocycles. The van der Waals surface area contributed by atoms with Gasteiger partial charge in [-0.1, -0.05) is 5.16 Å². The summed E-state index contributed by atoms with van der Waals surface area (Å²) in [5.41, 5.74) is 7.20. The zero-order valence-electron chi connectivity index (χ0n) is 12.9. The van der Waals surface area contributed by atoms with Gasteiger partial charge in [0.25, 0.3) is 0 Å². The minimum absolute atomic E-state index is 0.0276. The Labute approximate surface area is 124 Å². The van der Waals surface area contributed by atoms with Crippen LogP contribution in [-0.4, -0.2) is 35.9 Å². The first kappa shape index (κ1) is 16.9. The van der Waals surface area contributed by atoms with Crippen molar-refractivity contribution in [3.63, 3.8) is 0 Å². The normalized spacial score (nSPS) is 13.1. The van der Waals surface area contributed by atoms with Crippen molar-refractivity contribution in [1.29, 1.82) is 0 Å². The van der Waals surface area contributed by atoms with Crippen molar-refractivity contribution in [3.05, 3.63) is 29.6 Å². The molecule has 7 nitrogen and oxygen atoms in total. The fourth-order valence-electron chi connectivity index (χ4n) is 1.36. The molecule has 21 heavy (non-hydrogen) atoms. The molecule has 1 aromatic heterocycles. The lowest BCUT2D eigenvalue weighted by Crippen LogP contribution is -2.40. The van der Waals surface area contributed by atoms with Gasteiger partial charge in [-0.2, -0.15) is 0 Å². The average molecular weight is 293 g/mol. The number of carbonyl (C=O) groups is 1. The predicted molar refractivity (Wildman–Crippen MR) is 81.6 cm³/mol. The first-order valence-corrected chi connectivity index (χ1v) is 6.83. The van der Waals surface area contributed by atoms with E-state index in [-0.39, 0.29) is 23.9 Å². The number of nitrogens with two attached hydrogens (primary N) is 1. The van der Waals surface area contributed by atoms with Gasteiger partial charge in [0, 0.05) is 11.8 Å². The van der Waals surface area contributed by atoms with Gasteiger partial charge < -0.3 is 21.2 Å². The molecule has 0 aliphatic rings. The molecular weight excluding hydrogens is 270 g/mol. The molecule has 0 aliphatic heterocycles. The molecule has 116 valence electrons. The zero-order chi connectivity index (χ0) is 15.8. The lowest BCUT2D eigenvalue weighted by atomic mass is 10.2. The van der Waals surface area contributed by atoms with E-state index in [1.807, 2.05) is 13.8 Å². The third kappa shape index (κ3) is 5.78. The van der Waals surface area contributed by atoms with Crippen molar-refractivity contribution >= 4 is 11.7 Å². The van der Waals surface area contributed by atoms with Gasteiger partial charge in [-0.3, -0.25) is 9.78 Å². The Morgan fingerprint density at radius 1 is 1.43 bits per heavy atom. The molecule has 1 atom stereocenters. The number of hydrogen-bond acceptors (Lipinski definition) is 5. The summed E-state index contributed by atoms with van der Waals surface area (Å²) in [5.74, 6) is 0.199. The van der Waals surface area contributed by atoms with Crippen LogP contribution in [0.2, 0.25) is 0 Å². The highest BCUT2D eigenvalue weighted by molar-refractivity contribution is 5.96. The highest BCUT2D eigenvalue weighted by Crippen LogP contribution is 2.01. The van der Waals surface area contributed by atoms with Crippen molar-refractivity contribution < 1.29 is 9.63 Å². The molecule has 1 heterocycles. The molecule has 0 radical (unpaired) electrons. The van der Waals surface area contributed by atoms with Gasteiger partial charge in [-0.25, -0.2) is 0 Å². The van der Waals surface area contributed by atoms with Crippen LogP contribution in [0.5, 0.6) is 0 Å². The van der Waals surface area contributed by atoms with Crippen LogP contribution < -0.4 is 16.4 Å². The second-order valence-corrected chi connectivity index (χ2v) is 4.90. The summed E-state index contributed by atoms with van der Waals surface area (Å²) < 4.78 is 0. The number of oxime groups is 1. The maximum absolute atomic E-state index is 11.6. The summed E-state index contributed by atoms with van der Waals surface area (Å²) in [6, 6.07) is 3.34. The van der Waals surface area contributed by atoms with Crippen molar-refractivity contribution in [2.24, 2.45) is 10.9 Å². The largest absolute Gasteiger partial charge is 0.391 e. The average Bonchev–Trinajstić information content (AvgIpc) is 2.49. The third-order valence-corrected chi connectivity index (χ3v) is 2.75. The number of amides is 1. The molecule has 1 amide bonds. The molecule has 1 rings (SSSR count). The molecule has 4 N–H and O–H groups in total. The monoisotopic (exact) mass is 293 g/mol. The first-order valence-electron chi connectivity index (χ1n) is 6.83. The summed E-state index contributed by atoms with van der Waals surface area (Å²) in [5, 5.41) is 9.47. The fraction of sp³-hybridized carbons (Fsp3) is 0.500. The highest BCUT2D eigenvalue weighted by Gasteiger charge is 2.09. The Morgan fingerprint density at radius 2 is 2.14 bits per heavy atom. The van der Waals surface area contributed by atoms with Crippen LogP contribution in [0.1, 0.15) is 32.0 Å². The summed E-state index contributed by atoms with van der Waals surface area (Å²) in [6.07, 6.45) is 1.58. The van der Waals surface area contributed by atoms with Gasteiger partial charge in [0.05, 0.1) is 18.3 Å². The number of likely N-dealkylation sites (N-methyl/N-ethyl adjacent to an activating group) is 1. The standard InChI is InChI=1S/C14H23N5O2/c1-9(2)21-19-13(15)11-5-6-12(17-7-11)8-18-14(20)10(3)16-4/h5-7,9-10,16H,8H2,1-4H3,(H2,15,19)(H,18,20)/t10-/m0/s1. The first-order chi connectivity index (χ1) is 9.93. The number of aromatic nitrogens is 1. The van der Waals surface area contributed by atoms with Gasteiger partial charge in [0.1, 0.15) is 6.10 Å². The maximum atomic E-state index is 11.6. The molecule has 0 saturated heterocycles. The van der Waals surface area contributed by atoms with Gasteiger partial charge >= 0.3 is 0 Å². The van der Waals surface area contributed by atoms with Crippen molar-refractivity contribution in [1.82, 2.24) is 15.6 Å². The van der Waals surface area contributed by atoms with E-state index < -0.39 is 0 Å². The van der Waals surface area contributed by atoms with E-state index in [1.165, 1.54) is 0 Å². The van der Waals surface area contributed by atoms with Crippen LogP contribution in [0, 0.1) is 0 Å². The van der Waals surface area contributed by atoms with E-state index in [0.29, 0.717) is 12.1 Å². The Hall–Kier alpha value is -2.15. The van der Waals surface area contributed by atoms with Crippen molar-refractivity contribution in [3.8, 4) is 0 Å². The molecule has 0 spiro atoms. The fourth-order valence-corrected chi connectivity index (χ4v) is 1.36. The Balaban J connectivity index is 2.58. The molecule has 0 aromatic carbocycles. The number of pyridine rings is 1. The van der Waals surface area contributed by atoms with E-state index in [4.69, 9.17) is 10.6 Å². The molecular formula is C14H23N5O2. The number of nitrogens with zero attached hydrogens (tertiary/aromatic N) is 2. The van der Waals surface area contributed by atoms with E-state index in [9.17, 15) is 4.79 Å². The van der Waals surface area contributed by atoms with Crippen LogP contribution in [0.4, 0.5) is 0 Å². The minimum Gasteiger partial charge on any atom is -0.391 e. The van der Waals surface area contributed by atoms with Crippen molar-refractivity contribution in [2.75, 3.05) is 7.05 Å². The Bertz CT molecular complexity index is 485. The quantitative estimate of drug-likeness (QED) is 0.382. The smallest absolute Gasteiger partial charge is 0.237 e. The molecule has 0 bridgehead atoms. The number of nitrogens with one attached hydrogen (secondary N) is 2. The third-order valence-electron chi connectivity index (χ3n) is 2.75. The predicted octanol–water partition coefficient (Wildman–Crippen LogP) is 0.351. The minimum atomic E-state index is -0.236. The van der Waals surface area contributed by atoms with Crippen LogP contribution in [0.25, 0.3) is 0 Å². The number of hydrogen-bond donors (Lipinski definition) is 3. The summed E-state index contributed by atoms with van der Waals surface area (Å²) in [6.45, 7) is 5.89. The maximum Gasteiger partial charge on any atom is 0.237 e. The Morgan fingerprint density at radius 3 is 2.67 bits per heavy atom. The summed E-state index contributed by atoms with van der Waals surface area (Å²) >= 11 is 0. The van der Waals surface area contributed by atoms with Gasteiger partial charge in [-0.05, 0) is 40.0 Å².